The van der Waals surface area contributed by atoms with Gasteiger partial charge in [0.15, 0.2) is 0 Å². The fourth-order valence-corrected chi connectivity index (χ4v) is 1.87. The summed E-state index contributed by atoms with van der Waals surface area (Å²) in [4.78, 5) is 10.9. The second kappa shape index (κ2) is 7.10. The van der Waals surface area contributed by atoms with Crippen LogP contribution < -0.4 is 0 Å². The van der Waals surface area contributed by atoms with Gasteiger partial charge in [-0.25, -0.2) is 4.79 Å². The summed E-state index contributed by atoms with van der Waals surface area (Å²) in [5.74, 6) is -0.256. The molecule has 2 nitrogen and oxygen atoms in total. The van der Waals surface area contributed by atoms with Gasteiger partial charge in [0.25, 0.3) is 0 Å². The maximum absolute atomic E-state index is 10.9. The molecule has 0 aliphatic rings. The Morgan fingerprint density at radius 3 is 2.75 bits per heavy atom. The number of rotatable bonds is 6. The van der Waals surface area contributed by atoms with Gasteiger partial charge in [0.1, 0.15) is 0 Å². The molecule has 0 aromatic heterocycles. The smallest absolute Gasteiger partial charge is 0.333 e. The fourth-order valence-electron chi connectivity index (χ4n) is 0.817. The van der Waals surface area contributed by atoms with Gasteiger partial charge >= 0.3 is 5.97 Å². The van der Waals surface area contributed by atoms with Crippen molar-refractivity contribution in [3.63, 3.8) is 0 Å². The standard InChI is InChI=1S/C9H18O2Si/c1-4-12-7-5-6-11-9(10)8(2)3/h2,4-7,12H2,1,3H3. The van der Waals surface area contributed by atoms with E-state index in [-0.39, 0.29) is 15.5 Å². The van der Waals surface area contributed by atoms with E-state index in [9.17, 15) is 4.79 Å². The quantitative estimate of drug-likeness (QED) is 0.272. The summed E-state index contributed by atoms with van der Waals surface area (Å²) in [7, 11) is 0.144. The summed E-state index contributed by atoms with van der Waals surface area (Å²) < 4.78 is 4.93. The molecule has 0 bridgehead atoms. The minimum Gasteiger partial charge on any atom is -0.462 e. The zero-order valence-electron chi connectivity index (χ0n) is 8.06. The van der Waals surface area contributed by atoms with Gasteiger partial charge in [0, 0.05) is 15.1 Å². The van der Waals surface area contributed by atoms with E-state index in [0.29, 0.717) is 12.2 Å². The van der Waals surface area contributed by atoms with Crippen molar-refractivity contribution in [2.45, 2.75) is 32.4 Å². The Labute approximate surface area is 76.8 Å². The molecule has 0 rings (SSSR count). The van der Waals surface area contributed by atoms with Gasteiger partial charge in [-0.2, -0.15) is 0 Å². The maximum atomic E-state index is 10.9. The van der Waals surface area contributed by atoms with E-state index in [1.165, 1.54) is 12.1 Å². The minimum absolute atomic E-state index is 0.144. The van der Waals surface area contributed by atoms with Crippen molar-refractivity contribution < 1.29 is 9.53 Å². The third kappa shape index (κ3) is 6.16. The number of esters is 1. The fraction of sp³-hybridized carbons (Fsp3) is 0.667. The van der Waals surface area contributed by atoms with E-state index < -0.39 is 0 Å². The van der Waals surface area contributed by atoms with Crippen molar-refractivity contribution in [2.75, 3.05) is 6.61 Å². The van der Waals surface area contributed by atoms with Gasteiger partial charge in [-0.05, 0) is 13.3 Å². The minimum atomic E-state index is -0.256. The average Bonchev–Trinajstić information content (AvgIpc) is 2.03. The van der Waals surface area contributed by atoms with Crippen molar-refractivity contribution in [2.24, 2.45) is 0 Å². The molecule has 0 saturated carbocycles. The Hall–Kier alpha value is -0.573. The number of carbonyl (C=O) groups is 1. The molecular formula is C9H18O2Si. The lowest BCUT2D eigenvalue weighted by molar-refractivity contribution is -0.138. The summed E-state index contributed by atoms with van der Waals surface area (Å²) in [6.45, 7) is 7.96. The van der Waals surface area contributed by atoms with Crippen LogP contribution in [0.5, 0.6) is 0 Å². The number of ether oxygens (including phenoxy) is 1. The highest BCUT2D eigenvalue weighted by Gasteiger charge is 2.01. The van der Waals surface area contributed by atoms with Gasteiger partial charge in [0.05, 0.1) is 6.61 Å². The second-order valence-electron chi connectivity index (χ2n) is 2.98. The highest BCUT2D eigenvalue weighted by atomic mass is 28.2. The van der Waals surface area contributed by atoms with Crippen LogP contribution in [0.1, 0.15) is 20.3 Å². The molecule has 0 aromatic carbocycles. The first-order chi connectivity index (χ1) is 5.68. The van der Waals surface area contributed by atoms with Crippen LogP contribution in [0.25, 0.3) is 0 Å². The second-order valence-corrected chi connectivity index (χ2v) is 5.39. The third-order valence-electron chi connectivity index (χ3n) is 1.58. The molecule has 12 heavy (non-hydrogen) atoms. The molecule has 0 atom stereocenters. The van der Waals surface area contributed by atoms with Gasteiger partial charge in [-0.3, -0.25) is 0 Å². The van der Waals surface area contributed by atoms with E-state index in [4.69, 9.17) is 4.74 Å². The molecule has 0 N–H and O–H groups in total. The lowest BCUT2D eigenvalue weighted by atomic mass is 10.4. The summed E-state index contributed by atoms with van der Waals surface area (Å²) in [5, 5.41) is 0. The van der Waals surface area contributed by atoms with E-state index >= 15 is 0 Å². The number of hydrogen-bond donors (Lipinski definition) is 0. The molecular weight excluding hydrogens is 168 g/mol. The highest BCUT2D eigenvalue weighted by molar-refractivity contribution is 6.35. The van der Waals surface area contributed by atoms with Gasteiger partial charge in [-0.15, -0.1) is 0 Å². The van der Waals surface area contributed by atoms with E-state index in [1.807, 2.05) is 0 Å². The van der Waals surface area contributed by atoms with Crippen LogP contribution in [0, 0.1) is 0 Å². The first-order valence-corrected chi connectivity index (χ1v) is 6.51. The molecule has 0 aromatic rings. The third-order valence-corrected chi connectivity index (χ3v) is 3.29. The Morgan fingerprint density at radius 1 is 1.58 bits per heavy atom. The first-order valence-electron chi connectivity index (χ1n) is 4.51. The Morgan fingerprint density at radius 2 is 2.25 bits per heavy atom. The lowest BCUT2D eigenvalue weighted by Gasteiger charge is -2.02. The summed E-state index contributed by atoms with van der Waals surface area (Å²) in [6.07, 6.45) is 1.03. The number of hydrogen-bond acceptors (Lipinski definition) is 2. The SMILES string of the molecule is C=C(C)C(=O)OCCC[SiH2]CC. The Kier molecular flexibility index (Phi) is 6.76. The van der Waals surface area contributed by atoms with Gasteiger partial charge in [-0.1, -0.05) is 25.6 Å². The molecule has 0 spiro atoms. The molecule has 0 unspecified atom stereocenters. The molecule has 70 valence electrons. The van der Waals surface area contributed by atoms with Crippen LogP contribution in [-0.2, 0) is 9.53 Å². The van der Waals surface area contributed by atoms with Crippen molar-refractivity contribution >= 4 is 15.5 Å². The van der Waals surface area contributed by atoms with Gasteiger partial charge in [0.2, 0.25) is 0 Å². The van der Waals surface area contributed by atoms with Gasteiger partial charge < -0.3 is 4.74 Å². The van der Waals surface area contributed by atoms with Crippen LogP contribution >= 0.6 is 0 Å². The summed E-state index contributed by atoms with van der Waals surface area (Å²) in [5.41, 5.74) is 0.489. The average molecular weight is 186 g/mol. The normalized spacial score (nSPS) is 10.5. The maximum Gasteiger partial charge on any atom is 0.333 e. The van der Waals surface area contributed by atoms with Crippen molar-refractivity contribution in [1.29, 1.82) is 0 Å². The largest absolute Gasteiger partial charge is 0.462 e. The highest BCUT2D eigenvalue weighted by Crippen LogP contribution is 1.96. The van der Waals surface area contributed by atoms with Crippen molar-refractivity contribution in [3.05, 3.63) is 12.2 Å². The molecule has 3 heteroatoms. The summed E-state index contributed by atoms with van der Waals surface area (Å²) in [6, 6.07) is 2.62. The zero-order chi connectivity index (χ0) is 9.40. The molecule has 0 amide bonds. The topological polar surface area (TPSA) is 26.3 Å². The zero-order valence-corrected chi connectivity index (χ0v) is 9.47. The molecule has 0 aliphatic heterocycles. The van der Waals surface area contributed by atoms with Crippen LogP contribution in [0.4, 0.5) is 0 Å². The van der Waals surface area contributed by atoms with Crippen LogP contribution in [0.2, 0.25) is 12.1 Å². The van der Waals surface area contributed by atoms with Crippen LogP contribution in [-0.4, -0.2) is 22.1 Å². The molecule has 0 aliphatic carbocycles. The van der Waals surface area contributed by atoms with Crippen molar-refractivity contribution in [3.8, 4) is 0 Å². The number of carbonyl (C=O) groups excluding carboxylic acids is 1. The Balaban J connectivity index is 3.20. The predicted octanol–water partition coefficient (Wildman–Crippen LogP) is 1.52. The monoisotopic (exact) mass is 186 g/mol. The summed E-state index contributed by atoms with van der Waals surface area (Å²) >= 11 is 0. The van der Waals surface area contributed by atoms with E-state index in [1.54, 1.807) is 6.92 Å². The van der Waals surface area contributed by atoms with Crippen LogP contribution in [0.15, 0.2) is 12.2 Å². The van der Waals surface area contributed by atoms with Crippen molar-refractivity contribution in [1.82, 2.24) is 0 Å². The van der Waals surface area contributed by atoms with E-state index in [2.05, 4.69) is 13.5 Å². The lowest BCUT2D eigenvalue weighted by Crippen LogP contribution is -2.06. The van der Waals surface area contributed by atoms with E-state index in [0.717, 1.165) is 6.42 Å². The van der Waals surface area contributed by atoms with Crippen LogP contribution in [0.3, 0.4) is 0 Å². The molecule has 0 fully saturated rings. The molecule has 0 saturated heterocycles. The molecule has 0 heterocycles. The predicted molar refractivity (Wildman–Crippen MR) is 54.2 cm³/mol. The Bertz CT molecular complexity index is 155. The molecule has 0 radical (unpaired) electrons. The first kappa shape index (κ1) is 11.4.